The molecule has 0 aliphatic carbocycles. The quantitative estimate of drug-likeness (QED) is 0.802. The van der Waals surface area contributed by atoms with Gasteiger partial charge in [-0.05, 0) is 55.3 Å². The molecule has 3 rings (SSSR count). The minimum absolute atomic E-state index is 0.00908. The van der Waals surface area contributed by atoms with Crippen LogP contribution >= 0.6 is 11.6 Å². The van der Waals surface area contributed by atoms with E-state index in [-0.39, 0.29) is 11.9 Å². The normalized spacial score (nSPS) is 15.6. The Hall–Kier alpha value is -2.04. The minimum atomic E-state index is -0.00908. The predicted molar refractivity (Wildman–Crippen MR) is 105 cm³/mol. The summed E-state index contributed by atoms with van der Waals surface area (Å²) < 4.78 is 5.36. The van der Waals surface area contributed by atoms with Crippen molar-refractivity contribution >= 4 is 17.5 Å². The van der Waals surface area contributed by atoms with Crippen molar-refractivity contribution in [1.82, 2.24) is 10.2 Å². The van der Waals surface area contributed by atoms with E-state index in [2.05, 4.69) is 22.3 Å². The Labute approximate surface area is 160 Å². The van der Waals surface area contributed by atoms with E-state index in [4.69, 9.17) is 16.3 Å². The summed E-state index contributed by atoms with van der Waals surface area (Å²) >= 11 is 6.16. The SMILES string of the molecule is COc1cccc(C(CNC(=O)Cc2ccccc2Cl)N2CCCC2)c1. The molecule has 0 bridgehead atoms. The maximum Gasteiger partial charge on any atom is 0.224 e. The summed E-state index contributed by atoms with van der Waals surface area (Å²) in [7, 11) is 1.68. The van der Waals surface area contributed by atoms with Crippen LogP contribution in [0.5, 0.6) is 5.75 Å². The number of ether oxygens (including phenoxy) is 1. The molecule has 5 heteroatoms. The van der Waals surface area contributed by atoms with E-state index in [0.29, 0.717) is 18.0 Å². The molecule has 1 aliphatic heterocycles. The second-order valence-electron chi connectivity index (χ2n) is 6.61. The Kier molecular flexibility index (Phi) is 6.53. The number of nitrogens with one attached hydrogen (secondary N) is 1. The minimum Gasteiger partial charge on any atom is -0.497 e. The highest BCUT2D eigenvalue weighted by Crippen LogP contribution is 2.27. The molecule has 1 fully saturated rings. The van der Waals surface area contributed by atoms with Gasteiger partial charge in [-0.15, -0.1) is 0 Å². The van der Waals surface area contributed by atoms with Crippen molar-refractivity contribution in [2.24, 2.45) is 0 Å². The van der Waals surface area contributed by atoms with E-state index >= 15 is 0 Å². The van der Waals surface area contributed by atoms with Gasteiger partial charge in [0.25, 0.3) is 0 Å². The van der Waals surface area contributed by atoms with Gasteiger partial charge >= 0.3 is 0 Å². The molecule has 0 spiro atoms. The highest BCUT2D eigenvalue weighted by molar-refractivity contribution is 6.31. The van der Waals surface area contributed by atoms with Crippen molar-refractivity contribution in [2.45, 2.75) is 25.3 Å². The molecule has 2 aromatic rings. The van der Waals surface area contributed by atoms with Crippen LogP contribution < -0.4 is 10.1 Å². The molecular formula is C21H25ClN2O2. The van der Waals surface area contributed by atoms with Gasteiger partial charge in [0.05, 0.1) is 19.6 Å². The lowest BCUT2D eigenvalue weighted by atomic mass is 10.0. The van der Waals surface area contributed by atoms with Crippen LogP contribution in [0.1, 0.15) is 30.0 Å². The van der Waals surface area contributed by atoms with E-state index in [9.17, 15) is 4.79 Å². The average molecular weight is 373 g/mol. The van der Waals surface area contributed by atoms with Gasteiger partial charge in [-0.1, -0.05) is 41.9 Å². The third-order valence-corrected chi connectivity index (χ3v) is 5.23. The zero-order chi connectivity index (χ0) is 18.4. The maximum atomic E-state index is 12.4. The molecule has 0 aromatic heterocycles. The lowest BCUT2D eigenvalue weighted by molar-refractivity contribution is -0.120. The summed E-state index contributed by atoms with van der Waals surface area (Å²) in [6.07, 6.45) is 2.70. The lowest BCUT2D eigenvalue weighted by Gasteiger charge is -2.28. The van der Waals surface area contributed by atoms with Gasteiger partial charge in [0.2, 0.25) is 5.91 Å². The number of carbonyl (C=O) groups excluding carboxylic acids is 1. The molecule has 2 aromatic carbocycles. The highest BCUT2D eigenvalue weighted by atomic mass is 35.5. The van der Waals surface area contributed by atoms with Crippen molar-refractivity contribution in [2.75, 3.05) is 26.7 Å². The van der Waals surface area contributed by atoms with Crippen molar-refractivity contribution in [3.05, 3.63) is 64.7 Å². The predicted octanol–water partition coefficient (Wildman–Crippen LogP) is 3.84. The number of hydrogen-bond acceptors (Lipinski definition) is 3. The molecule has 1 saturated heterocycles. The van der Waals surface area contributed by atoms with E-state index in [1.54, 1.807) is 7.11 Å². The zero-order valence-corrected chi connectivity index (χ0v) is 15.8. The van der Waals surface area contributed by atoms with Crippen LogP contribution in [0.2, 0.25) is 5.02 Å². The van der Waals surface area contributed by atoms with Crippen molar-refractivity contribution in [3.63, 3.8) is 0 Å². The molecular weight excluding hydrogens is 348 g/mol. The van der Waals surface area contributed by atoms with Crippen LogP contribution in [-0.4, -0.2) is 37.6 Å². The van der Waals surface area contributed by atoms with Crippen molar-refractivity contribution in [3.8, 4) is 5.75 Å². The van der Waals surface area contributed by atoms with Gasteiger partial charge in [-0.2, -0.15) is 0 Å². The van der Waals surface area contributed by atoms with Gasteiger partial charge in [-0.25, -0.2) is 0 Å². The molecule has 0 radical (unpaired) electrons. The van der Waals surface area contributed by atoms with Crippen LogP contribution in [0.25, 0.3) is 0 Å². The summed E-state index contributed by atoms with van der Waals surface area (Å²) in [5, 5.41) is 3.72. The second kappa shape index (κ2) is 9.06. The number of hydrogen-bond donors (Lipinski definition) is 1. The largest absolute Gasteiger partial charge is 0.497 e. The topological polar surface area (TPSA) is 41.6 Å². The Morgan fingerprint density at radius 2 is 1.96 bits per heavy atom. The van der Waals surface area contributed by atoms with Gasteiger partial charge in [0, 0.05) is 11.6 Å². The second-order valence-corrected chi connectivity index (χ2v) is 7.01. The fourth-order valence-corrected chi connectivity index (χ4v) is 3.65. The van der Waals surface area contributed by atoms with E-state index in [0.717, 1.165) is 24.4 Å². The molecule has 1 atom stereocenters. The summed E-state index contributed by atoms with van der Waals surface area (Å²) in [4.78, 5) is 14.9. The van der Waals surface area contributed by atoms with Gasteiger partial charge in [0.1, 0.15) is 5.75 Å². The molecule has 1 unspecified atom stereocenters. The molecule has 1 aliphatic rings. The maximum absolute atomic E-state index is 12.4. The summed E-state index contributed by atoms with van der Waals surface area (Å²) in [6, 6.07) is 15.7. The molecule has 1 N–H and O–H groups in total. The third-order valence-electron chi connectivity index (χ3n) is 4.86. The van der Waals surface area contributed by atoms with Crippen LogP contribution in [0.15, 0.2) is 48.5 Å². The number of benzene rings is 2. The van der Waals surface area contributed by atoms with Crippen LogP contribution in [0.4, 0.5) is 0 Å². The molecule has 138 valence electrons. The number of methoxy groups -OCH3 is 1. The van der Waals surface area contributed by atoms with Gasteiger partial charge in [-0.3, -0.25) is 9.69 Å². The summed E-state index contributed by atoms with van der Waals surface area (Å²) in [6.45, 7) is 2.70. The molecule has 1 heterocycles. The first kappa shape index (κ1) is 18.7. The first-order valence-corrected chi connectivity index (χ1v) is 9.43. The number of halogens is 1. The molecule has 4 nitrogen and oxygen atoms in total. The first-order chi connectivity index (χ1) is 12.7. The first-order valence-electron chi connectivity index (χ1n) is 9.05. The van der Waals surface area contributed by atoms with Gasteiger partial charge < -0.3 is 10.1 Å². The smallest absolute Gasteiger partial charge is 0.224 e. The number of rotatable bonds is 7. The Morgan fingerprint density at radius 3 is 2.69 bits per heavy atom. The average Bonchev–Trinajstić information content (AvgIpc) is 3.18. The lowest BCUT2D eigenvalue weighted by Crippen LogP contribution is -2.37. The zero-order valence-electron chi connectivity index (χ0n) is 15.1. The van der Waals surface area contributed by atoms with Crippen LogP contribution in [0, 0.1) is 0 Å². The highest BCUT2D eigenvalue weighted by Gasteiger charge is 2.24. The van der Waals surface area contributed by atoms with E-state index in [1.807, 2.05) is 36.4 Å². The molecule has 26 heavy (non-hydrogen) atoms. The van der Waals surface area contributed by atoms with Gasteiger partial charge in [0.15, 0.2) is 0 Å². The third kappa shape index (κ3) is 4.77. The Bertz CT molecular complexity index is 744. The number of likely N-dealkylation sites (tertiary alicyclic amines) is 1. The summed E-state index contributed by atoms with van der Waals surface area (Å²) in [5.41, 5.74) is 2.02. The van der Waals surface area contributed by atoms with Crippen LogP contribution in [0.3, 0.4) is 0 Å². The monoisotopic (exact) mass is 372 g/mol. The number of carbonyl (C=O) groups is 1. The van der Waals surface area contributed by atoms with E-state index < -0.39 is 0 Å². The van der Waals surface area contributed by atoms with E-state index in [1.165, 1.54) is 18.4 Å². The van der Waals surface area contributed by atoms with Crippen molar-refractivity contribution < 1.29 is 9.53 Å². The summed E-state index contributed by atoms with van der Waals surface area (Å²) in [5.74, 6) is 0.833. The standard InChI is InChI=1S/C21H25ClN2O2/c1-26-18-9-6-8-17(13-18)20(24-11-4-5-12-24)15-23-21(25)14-16-7-2-3-10-19(16)22/h2-3,6-10,13,20H,4-5,11-12,14-15H2,1H3,(H,23,25). The number of amides is 1. The fraction of sp³-hybridized carbons (Fsp3) is 0.381. The Balaban J connectivity index is 1.67. The molecule has 0 saturated carbocycles. The Morgan fingerprint density at radius 1 is 1.19 bits per heavy atom. The molecule has 1 amide bonds. The fourth-order valence-electron chi connectivity index (χ4n) is 3.45. The van der Waals surface area contributed by atoms with Crippen LogP contribution in [-0.2, 0) is 11.2 Å². The number of nitrogens with zero attached hydrogens (tertiary/aromatic N) is 1. The van der Waals surface area contributed by atoms with Crippen molar-refractivity contribution in [1.29, 1.82) is 0 Å².